The Balaban J connectivity index is 1.32. The fraction of sp³-hybridized carbons (Fsp3) is 0.611. The summed E-state index contributed by atoms with van der Waals surface area (Å²) in [6.45, 7) is 4.38. The Morgan fingerprint density at radius 2 is 1.95 bits per heavy atom. The lowest BCUT2D eigenvalue weighted by Crippen LogP contribution is -2.32. The second-order valence-corrected chi connectivity index (χ2v) is 6.32. The molecule has 120 valence electrons. The summed E-state index contributed by atoms with van der Waals surface area (Å²) in [6, 6.07) is 6.19. The predicted octanol–water partition coefficient (Wildman–Crippen LogP) is 2.16. The molecule has 1 aromatic rings. The largest absolute Gasteiger partial charge is 0.484 e. The molecule has 0 unspecified atom stereocenters. The van der Waals surface area contributed by atoms with Gasteiger partial charge in [0.05, 0.1) is 0 Å². The maximum atomic E-state index is 11.8. The molecule has 1 fully saturated rings. The van der Waals surface area contributed by atoms with Crippen molar-refractivity contribution in [3.63, 3.8) is 0 Å². The van der Waals surface area contributed by atoms with Crippen molar-refractivity contribution in [2.24, 2.45) is 0 Å². The van der Waals surface area contributed by atoms with E-state index in [0.717, 1.165) is 31.7 Å². The SMILES string of the molecule is O=C(COc1ccc2c(c1)CCC2)NCCCN1CCCC1. The van der Waals surface area contributed by atoms with E-state index in [1.165, 1.54) is 49.9 Å². The van der Waals surface area contributed by atoms with Crippen LogP contribution in [0.2, 0.25) is 0 Å². The van der Waals surface area contributed by atoms with Crippen molar-refractivity contribution in [3.05, 3.63) is 29.3 Å². The topological polar surface area (TPSA) is 41.6 Å². The fourth-order valence-corrected chi connectivity index (χ4v) is 3.37. The first-order chi connectivity index (χ1) is 10.8. The Morgan fingerprint density at radius 1 is 1.14 bits per heavy atom. The minimum Gasteiger partial charge on any atom is -0.484 e. The number of likely N-dealkylation sites (tertiary alicyclic amines) is 1. The monoisotopic (exact) mass is 302 g/mol. The molecule has 1 N–H and O–H groups in total. The van der Waals surface area contributed by atoms with E-state index in [1.807, 2.05) is 6.07 Å². The van der Waals surface area contributed by atoms with Crippen molar-refractivity contribution < 1.29 is 9.53 Å². The number of carbonyl (C=O) groups is 1. The number of rotatable bonds is 7. The fourth-order valence-electron chi connectivity index (χ4n) is 3.37. The van der Waals surface area contributed by atoms with E-state index in [-0.39, 0.29) is 12.5 Å². The lowest BCUT2D eigenvalue weighted by Gasteiger charge is -2.14. The van der Waals surface area contributed by atoms with Crippen molar-refractivity contribution in [2.75, 3.05) is 32.8 Å². The number of aryl methyl sites for hydroxylation is 2. The second-order valence-electron chi connectivity index (χ2n) is 6.32. The summed E-state index contributed by atoms with van der Waals surface area (Å²) >= 11 is 0. The summed E-state index contributed by atoms with van der Waals surface area (Å²) in [5, 5.41) is 2.94. The number of benzene rings is 1. The normalized spacial score (nSPS) is 17.5. The molecule has 0 aromatic heterocycles. The number of hydrogen-bond acceptors (Lipinski definition) is 3. The van der Waals surface area contributed by atoms with Crippen LogP contribution in [0.4, 0.5) is 0 Å². The van der Waals surface area contributed by atoms with Gasteiger partial charge in [0.2, 0.25) is 0 Å². The van der Waals surface area contributed by atoms with Crippen molar-refractivity contribution in [3.8, 4) is 5.75 Å². The van der Waals surface area contributed by atoms with Crippen LogP contribution in [-0.4, -0.2) is 43.6 Å². The average molecular weight is 302 g/mol. The number of ether oxygens (including phenoxy) is 1. The van der Waals surface area contributed by atoms with Crippen molar-refractivity contribution in [1.29, 1.82) is 0 Å². The highest BCUT2D eigenvalue weighted by Crippen LogP contribution is 2.25. The van der Waals surface area contributed by atoms with Gasteiger partial charge in [-0.2, -0.15) is 0 Å². The third kappa shape index (κ3) is 4.23. The predicted molar refractivity (Wildman–Crippen MR) is 87.3 cm³/mol. The zero-order valence-corrected chi connectivity index (χ0v) is 13.3. The summed E-state index contributed by atoms with van der Waals surface area (Å²) in [7, 11) is 0. The number of nitrogens with zero attached hydrogens (tertiary/aromatic N) is 1. The van der Waals surface area contributed by atoms with Crippen LogP contribution in [0.1, 0.15) is 36.8 Å². The minimum atomic E-state index is -0.0260. The lowest BCUT2D eigenvalue weighted by atomic mass is 10.1. The van der Waals surface area contributed by atoms with Crippen LogP contribution < -0.4 is 10.1 Å². The van der Waals surface area contributed by atoms with Gasteiger partial charge in [-0.15, -0.1) is 0 Å². The Labute approximate surface area is 132 Å². The lowest BCUT2D eigenvalue weighted by molar-refractivity contribution is -0.123. The van der Waals surface area contributed by atoms with E-state index >= 15 is 0 Å². The van der Waals surface area contributed by atoms with Crippen LogP contribution in [-0.2, 0) is 17.6 Å². The summed E-state index contributed by atoms with van der Waals surface area (Å²) in [6.07, 6.45) is 7.20. The van der Waals surface area contributed by atoms with Crippen LogP contribution in [0.15, 0.2) is 18.2 Å². The third-order valence-electron chi connectivity index (χ3n) is 4.61. The Hall–Kier alpha value is -1.55. The highest BCUT2D eigenvalue weighted by molar-refractivity contribution is 5.77. The standard InChI is InChI=1S/C18H26N2O2/c21-18(19-9-4-12-20-10-1-2-11-20)14-22-17-8-7-15-5-3-6-16(15)13-17/h7-8,13H,1-6,9-12,14H2,(H,19,21). The van der Waals surface area contributed by atoms with Crippen LogP contribution in [0.3, 0.4) is 0 Å². The summed E-state index contributed by atoms with van der Waals surface area (Å²) in [5.41, 5.74) is 2.81. The van der Waals surface area contributed by atoms with Gasteiger partial charge >= 0.3 is 0 Å². The number of fused-ring (bicyclic) bond motifs is 1. The molecule has 1 heterocycles. The van der Waals surface area contributed by atoms with E-state index in [0.29, 0.717) is 0 Å². The maximum Gasteiger partial charge on any atom is 0.257 e. The molecular weight excluding hydrogens is 276 g/mol. The van der Waals surface area contributed by atoms with Crippen LogP contribution in [0, 0.1) is 0 Å². The number of hydrogen-bond donors (Lipinski definition) is 1. The van der Waals surface area contributed by atoms with Gasteiger partial charge in [0, 0.05) is 6.54 Å². The molecule has 0 atom stereocenters. The molecule has 2 aliphatic rings. The zero-order chi connectivity index (χ0) is 15.2. The summed E-state index contributed by atoms with van der Waals surface area (Å²) in [5.74, 6) is 0.787. The molecule has 1 aliphatic carbocycles. The average Bonchev–Trinajstić information content (AvgIpc) is 3.20. The van der Waals surface area contributed by atoms with Gasteiger partial charge in [-0.25, -0.2) is 0 Å². The Bertz CT molecular complexity index is 510. The molecule has 4 nitrogen and oxygen atoms in total. The first kappa shape index (κ1) is 15.3. The van der Waals surface area contributed by atoms with Gasteiger partial charge in [-0.05, 0) is 81.4 Å². The highest BCUT2D eigenvalue weighted by Gasteiger charge is 2.12. The van der Waals surface area contributed by atoms with Crippen molar-refractivity contribution in [2.45, 2.75) is 38.5 Å². The molecule has 1 aliphatic heterocycles. The summed E-state index contributed by atoms with van der Waals surface area (Å²) < 4.78 is 5.60. The van der Waals surface area contributed by atoms with Crippen LogP contribution in [0.25, 0.3) is 0 Å². The van der Waals surface area contributed by atoms with Gasteiger partial charge in [0.15, 0.2) is 6.61 Å². The maximum absolute atomic E-state index is 11.8. The van der Waals surface area contributed by atoms with Crippen molar-refractivity contribution in [1.82, 2.24) is 10.2 Å². The van der Waals surface area contributed by atoms with E-state index in [9.17, 15) is 4.79 Å². The Kier molecular flexibility index (Phi) is 5.33. The van der Waals surface area contributed by atoms with Gasteiger partial charge in [-0.1, -0.05) is 6.07 Å². The molecule has 1 aromatic carbocycles. The molecule has 0 spiro atoms. The second kappa shape index (κ2) is 7.63. The van der Waals surface area contributed by atoms with Gasteiger partial charge < -0.3 is 15.0 Å². The van der Waals surface area contributed by atoms with E-state index in [4.69, 9.17) is 4.74 Å². The first-order valence-electron chi connectivity index (χ1n) is 8.55. The molecule has 0 radical (unpaired) electrons. The van der Waals surface area contributed by atoms with Gasteiger partial charge in [0.25, 0.3) is 5.91 Å². The first-order valence-corrected chi connectivity index (χ1v) is 8.55. The molecule has 0 saturated carbocycles. The third-order valence-corrected chi connectivity index (χ3v) is 4.61. The number of carbonyl (C=O) groups excluding carboxylic acids is 1. The molecule has 1 saturated heterocycles. The molecule has 22 heavy (non-hydrogen) atoms. The molecule has 0 bridgehead atoms. The Morgan fingerprint density at radius 3 is 2.82 bits per heavy atom. The van der Waals surface area contributed by atoms with E-state index < -0.39 is 0 Å². The zero-order valence-electron chi connectivity index (χ0n) is 13.3. The molecule has 1 amide bonds. The number of amides is 1. The van der Waals surface area contributed by atoms with Gasteiger partial charge in [-0.3, -0.25) is 4.79 Å². The highest BCUT2D eigenvalue weighted by atomic mass is 16.5. The smallest absolute Gasteiger partial charge is 0.257 e. The molecule has 3 rings (SSSR count). The van der Waals surface area contributed by atoms with Crippen LogP contribution in [0.5, 0.6) is 5.75 Å². The van der Waals surface area contributed by atoms with Crippen LogP contribution >= 0.6 is 0 Å². The van der Waals surface area contributed by atoms with Crippen molar-refractivity contribution >= 4 is 5.91 Å². The van der Waals surface area contributed by atoms with E-state index in [1.54, 1.807) is 0 Å². The van der Waals surface area contributed by atoms with E-state index in [2.05, 4.69) is 22.3 Å². The molecule has 4 heteroatoms. The quantitative estimate of drug-likeness (QED) is 0.785. The summed E-state index contributed by atoms with van der Waals surface area (Å²) in [4.78, 5) is 14.3. The van der Waals surface area contributed by atoms with Gasteiger partial charge in [0.1, 0.15) is 5.75 Å². The minimum absolute atomic E-state index is 0.0260. The number of nitrogens with one attached hydrogen (secondary N) is 1. The molecular formula is C18H26N2O2.